The molecule has 3 rings (SSSR count). The van der Waals surface area contributed by atoms with E-state index in [0.29, 0.717) is 5.02 Å². The minimum atomic E-state index is 0.700. The molecule has 0 saturated carbocycles. The summed E-state index contributed by atoms with van der Waals surface area (Å²) in [6.45, 7) is 2.04. The molecule has 1 heterocycles. The van der Waals surface area contributed by atoms with Crippen LogP contribution in [0.5, 0.6) is 0 Å². The van der Waals surface area contributed by atoms with Crippen LogP contribution in [0, 0.1) is 6.92 Å². The van der Waals surface area contributed by atoms with Gasteiger partial charge in [-0.2, -0.15) is 0 Å². The third-order valence-corrected chi connectivity index (χ3v) is 4.49. The van der Waals surface area contributed by atoms with Gasteiger partial charge in [-0.05, 0) is 42.8 Å². The van der Waals surface area contributed by atoms with Gasteiger partial charge in [-0.1, -0.05) is 44.9 Å². The Balaban J connectivity index is 1.98. The minimum absolute atomic E-state index is 0.700. The van der Waals surface area contributed by atoms with Crippen LogP contribution in [0.15, 0.2) is 40.9 Å². The molecule has 0 aliphatic rings. The van der Waals surface area contributed by atoms with Gasteiger partial charge in [0.05, 0.1) is 20.9 Å². The second kappa shape index (κ2) is 5.12. The average molecular weight is 354 g/mol. The van der Waals surface area contributed by atoms with Gasteiger partial charge in [0.25, 0.3) is 0 Å². The van der Waals surface area contributed by atoms with E-state index >= 15 is 0 Å². The Bertz CT molecular complexity index is 754. The monoisotopic (exact) mass is 352 g/mol. The summed E-state index contributed by atoms with van der Waals surface area (Å²) in [5.41, 5.74) is 3.03. The van der Waals surface area contributed by atoms with E-state index in [1.165, 1.54) is 0 Å². The molecule has 0 amide bonds. The summed E-state index contributed by atoms with van der Waals surface area (Å²) in [6, 6.07) is 12.0. The van der Waals surface area contributed by atoms with Gasteiger partial charge in [-0.25, -0.2) is 4.98 Å². The number of hydrogen-bond donors (Lipinski definition) is 1. The maximum Gasteiger partial charge on any atom is 0.188 e. The molecule has 0 saturated heterocycles. The summed E-state index contributed by atoms with van der Waals surface area (Å²) in [7, 11) is 0. The van der Waals surface area contributed by atoms with Crippen molar-refractivity contribution in [1.29, 1.82) is 0 Å². The molecule has 96 valence electrons. The predicted octanol–water partition coefficient (Wildman–Crippen LogP) is 5.76. The Labute approximate surface area is 128 Å². The number of nitrogens with zero attached hydrogens (tertiary/aromatic N) is 1. The summed E-state index contributed by atoms with van der Waals surface area (Å²) in [4.78, 5) is 4.56. The van der Waals surface area contributed by atoms with Gasteiger partial charge in [0, 0.05) is 4.47 Å². The normalized spacial score (nSPS) is 10.9. The molecule has 1 N–H and O–H groups in total. The standard InChI is InChI=1S/C14H10BrClN2S/c1-8-2-4-10(16)11(6-8)17-14-18-12-7-9(15)3-5-13(12)19-14/h2-7H,1H3,(H,17,18). The summed E-state index contributed by atoms with van der Waals surface area (Å²) in [6.07, 6.45) is 0. The molecule has 19 heavy (non-hydrogen) atoms. The van der Waals surface area contributed by atoms with Crippen molar-refractivity contribution < 1.29 is 0 Å². The highest BCUT2D eigenvalue weighted by Gasteiger charge is 2.06. The zero-order valence-electron chi connectivity index (χ0n) is 10.1. The van der Waals surface area contributed by atoms with Crippen molar-refractivity contribution in [2.24, 2.45) is 0 Å². The number of hydrogen-bond acceptors (Lipinski definition) is 3. The number of aromatic nitrogens is 1. The van der Waals surface area contributed by atoms with E-state index in [0.717, 1.165) is 31.1 Å². The maximum absolute atomic E-state index is 6.18. The second-order valence-corrected chi connectivity index (χ2v) is 6.59. The van der Waals surface area contributed by atoms with Crippen LogP contribution < -0.4 is 5.32 Å². The van der Waals surface area contributed by atoms with E-state index in [2.05, 4.69) is 32.3 Å². The van der Waals surface area contributed by atoms with E-state index in [1.807, 2.05) is 37.3 Å². The van der Waals surface area contributed by atoms with Crippen molar-refractivity contribution in [3.05, 3.63) is 51.5 Å². The zero-order valence-corrected chi connectivity index (χ0v) is 13.2. The van der Waals surface area contributed by atoms with Gasteiger partial charge in [0.1, 0.15) is 0 Å². The van der Waals surface area contributed by atoms with Gasteiger partial charge in [-0.15, -0.1) is 0 Å². The molecule has 0 fully saturated rings. The molecule has 0 aliphatic heterocycles. The van der Waals surface area contributed by atoms with Crippen LogP contribution in [0.2, 0.25) is 5.02 Å². The number of anilines is 2. The highest BCUT2D eigenvalue weighted by Crippen LogP contribution is 2.32. The molecule has 0 atom stereocenters. The lowest BCUT2D eigenvalue weighted by Crippen LogP contribution is -1.90. The molecule has 3 aromatic rings. The lowest BCUT2D eigenvalue weighted by atomic mass is 10.2. The van der Waals surface area contributed by atoms with Crippen LogP contribution in [0.1, 0.15) is 5.56 Å². The molecular formula is C14H10BrClN2S. The topological polar surface area (TPSA) is 24.9 Å². The number of fused-ring (bicyclic) bond motifs is 1. The summed E-state index contributed by atoms with van der Waals surface area (Å²) in [5, 5.41) is 4.83. The first-order chi connectivity index (χ1) is 9.11. The van der Waals surface area contributed by atoms with Crippen LogP contribution in [-0.4, -0.2) is 4.98 Å². The minimum Gasteiger partial charge on any atom is -0.330 e. The first-order valence-electron chi connectivity index (χ1n) is 5.71. The third kappa shape index (κ3) is 2.76. The van der Waals surface area contributed by atoms with E-state index in [4.69, 9.17) is 11.6 Å². The number of thiazole rings is 1. The van der Waals surface area contributed by atoms with Crippen molar-refractivity contribution in [3.8, 4) is 0 Å². The fraction of sp³-hybridized carbons (Fsp3) is 0.0714. The van der Waals surface area contributed by atoms with Crippen LogP contribution in [-0.2, 0) is 0 Å². The van der Waals surface area contributed by atoms with E-state index in [-0.39, 0.29) is 0 Å². The van der Waals surface area contributed by atoms with Crippen LogP contribution in [0.4, 0.5) is 10.8 Å². The van der Waals surface area contributed by atoms with Gasteiger partial charge in [0.15, 0.2) is 5.13 Å². The Morgan fingerprint density at radius 2 is 2.05 bits per heavy atom. The Hall–Kier alpha value is -1.10. The lowest BCUT2D eigenvalue weighted by Gasteiger charge is -2.05. The van der Waals surface area contributed by atoms with Crippen molar-refractivity contribution in [1.82, 2.24) is 4.98 Å². The lowest BCUT2D eigenvalue weighted by molar-refractivity contribution is 1.41. The number of rotatable bonds is 2. The quantitative estimate of drug-likeness (QED) is 0.633. The molecule has 1 aromatic heterocycles. The molecule has 0 aliphatic carbocycles. The molecule has 5 heteroatoms. The highest BCUT2D eigenvalue weighted by molar-refractivity contribution is 9.10. The average Bonchev–Trinajstić information content (AvgIpc) is 2.75. The van der Waals surface area contributed by atoms with Crippen LogP contribution >= 0.6 is 38.9 Å². The molecule has 2 nitrogen and oxygen atoms in total. The van der Waals surface area contributed by atoms with Gasteiger partial charge in [-0.3, -0.25) is 0 Å². The van der Waals surface area contributed by atoms with Crippen molar-refractivity contribution >= 4 is 59.9 Å². The molecule has 2 aromatic carbocycles. The van der Waals surface area contributed by atoms with Gasteiger partial charge < -0.3 is 5.32 Å². The molecule has 0 bridgehead atoms. The summed E-state index contributed by atoms with van der Waals surface area (Å²) in [5.74, 6) is 0. The Kier molecular flexibility index (Phi) is 3.48. The summed E-state index contributed by atoms with van der Waals surface area (Å²) >= 11 is 11.2. The third-order valence-electron chi connectivity index (χ3n) is 2.71. The van der Waals surface area contributed by atoms with Crippen molar-refractivity contribution in [3.63, 3.8) is 0 Å². The van der Waals surface area contributed by atoms with E-state index in [9.17, 15) is 0 Å². The molecule has 0 radical (unpaired) electrons. The molecule has 0 unspecified atom stereocenters. The van der Waals surface area contributed by atoms with E-state index < -0.39 is 0 Å². The van der Waals surface area contributed by atoms with Gasteiger partial charge in [0.2, 0.25) is 0 Å². The number of benzene rings is 2. The number of halogens is 2. The smallest absolute Gasteiger partial charge is 0.188 e. The van der Waals surface area contributed by atoms with Crippen LogP contribution in [0.25, 0.3) is 10.2 Å². The van der Waals surface area contributed by atoms with Crippen molar-refractivity contribution in [2.75, 3.05) is 5.32 Å². The number of nitrogens with one attached hydrogen (secondary N) is 1. The Morgan fingerprint density at radius 1 is 1.21 bits per heavy atom. The SMILES string of the molecule is Cc1ccc(Cl)c(Nc2nc3cc(Br)ccc3s2)c1. The van der Waals surface area contributed by atoms with Crippen molar-refractivity contribution in [2.45, 2.75) is 6.92 Å². The largest absolute Gasteiger partial charge is 0.330 e. The summed E-state index contributed by atoms with van der Waals surface area (Å²) < 4.78 is 2.18. The Morgan fingerprint density at radius 3 is 2.89 bits per heavy atom. The zero-order chi connectivity index (χ0) is 13.4. The fourth-order valence-corrected chi connectivity index (χ4v) is 3.18. The fourth-order valence-electron chi connectivity index (χ4n) is 1.80. The maximum atomic E-state index is 6.18. The first-order valence-corrected chi connectivity index (χ1v) is 7.70. The number of aryl methyl sites for hydroxylation is 1. The van der Waals surface area contributed by atoms with Crippen LogP contribution in [0.3, 0.4) is 0 Å². The predicted molar refractivity (Wildman–Crippen MR) is 86.8 cm³/mol. The second-order valence-electron chi connectivity index (χ2n) is 4.24. The molecular weight excluding hydrogens is 344 g/mol. The highest BCUT2D eigenvalue weighted by atomic mass is 79.9. The first kappa shape index (κ1) is 12.9. The van der Waals surface area contributed by atoms with Gasteiger partial charge >= 0.3 is 0 Å². The molecule has 0 spiro atoms. The van der Waals surface area contributed by atoms with E-state index in [1.54, 1.807) is 11.3 Å².